The molecule has 0 unspecified atom stereocenters. The minimum absolute atomic E-state index is 0.0348. The molecule has 6 nitrogen and oxygen atoms in total. The van der Waals surface area contributed by atoms with Crippen molar-refractivity contribution in [3.05, 3.63) is 17.9 Å². The van der Waals surface area contributed by atoms with Crippen LogP contribution in [0.15, 0.2) is 16.7 Å². The first-order valence-corrected chi connectivity index (χ1v) is 3.98. The molecule has 3 N–H and O–H groups in total. The number of hydrogen-bond donors (Lipinski definition) is 2. The summed E-state index contributed by atoms with van der Waals surface area (Å²) < 4.78 is 9.50. The van der Waals surface area contributed by atoms with Gasteiger partial charge >= 0.3 is 5.97 Å². The van der Waals surface area contributed by atoms with E-state index in [0.717, 1.165) is 0 Å². The van der Waals surface area contributed by atoms with E-state index >= 15 is 0 Å². The topological polar surface area (TPSA) is 86.7 Å². The van der Waals surface area contributed by atoms with Crippen LogP contribution in [0.3, 0.4) is 0 Å². The average Bonchev–Trinajstić information content (AvgIpc) is 2.62. The minimum atomic E-state index is -0.322. The van der Waals surface area contributed by atoms with Crippen LogP contribution in [-0.4, -0.2) is 19.8 Å². The van der Waals surface area contributed by atoms with Crippen molar-refractivity contribution in [3.8, 4) is 0 Å². The Bertz CT molecular complexity index is 297. The maximum absolute atomic E-state index is 10.9. The molecule has 14 heavy (non-hydrogen) atoms. The molecule has 0 fully saturated rings. The normalized spacial score (nSPS) is 9.86. The lowest BCUT2D eigenvalue weighted by atomic mass is 10.2. The van der Waals surface area contributed by atoms with Gasteiger partial charge in [-0.2, -0.15) is 0 Å². The van der Waals surface area contributed by atoms with Gasteiger partial charge in [-0.15, -0.1) is 0 Å². The molecule has 78 valence electrons. The second kappa shape index (κ2) is 5.25. The summed E-state index contributed by atoms with van der Waals surface area (Å²) in [7, 11) is 1.33. The van der Waals surface area contributed by atoms with Gasteiger partial charge in [0.25, 0.3) is 0 Å². The van der Waals surface area contributed by atoms with Gasteiger partial charge in [-0.05, 0) is 0 Å². The number of furan rings is 1. The quantitative estimate of drug-likeness (QED) is 0.402. The van der Waals surface area contributed by atoms with Crippen LogP contribution < -0.4 is 11.2 Å². The molecule has 6 heteroatoms. The minimum Gasteiger partial charge on any atom is -0.469 e. The number of nitrogens with two attached hydrogens (primary N) is 1. The summed E-state index contributed by atoms with van der Waals surface area (Å²) in [6.45, 7) is 0.0348. The van der Waals surface area contributed by atoms with Crippen molar-refractivity contribution in [2.45, 2.75) is 6.42 Å². The SMILES string of the molecule is COC(=O)Cc1coc(NOCN)c1. The van der Waals surface area contributed by atoms with Crippen LogP contribution in [0.5, 0.6) is 0 Å². The average molecular weight is 200 g/mol. The van der Waals surface area contributed by atoms with Crippen molar-refractivity contribution in [3.63, 3.8) is 0 Å². The molecule has 1 heterocycles. The Morgan fingerprint density at radius 3 is 3.14 bits per heavy atom. The van der Waals surface area contributed by atoms with Crippen LogP contribution in [-0.2, 0) is 20.8 Å². The summed E-state index contributed by atoms with van der Waals surface area (Å²) in [4.78, 5) is 15.6. The van der Waals surface area contributed by atoms with E-state index < -0.39 is 0 Å². The smallest absolute Gasteiger partial charge is 0.310 e. The monoisotopic (exact) mass is 200 g/mol. The summed E-state index contributed by atoms with van der Waals surface area (Å²) in [5.41, 5.74) is 8.26. The Morgan fingerprint density at radius 2 is 2.50 bits per heavy atom. The molecule has 0 bridgehead atoms. The van der Waals surface area contributed by atoms with Gasteiger partial charge in [0, 0.05) is 11.6 Å². The van der Waals surface area contributed by atoms with E-state index in [9.17, 15) is 4.79 Å². The second-order valence-corrected chi connectivity index (χ2v) is 2.49. The molecule has 1 aromatic rings. The Morgan fingerprint density at radius 1 is 1.71 bits per heavy atom. The van der Waals surface area contributed by atoms with Crippen molar-refractivity contribution in [2.24, 2.45) is 5.73 Å². The highest BCUT2D eigenvalue weighted by Crippen LogP contribution is 2.13. The van der Waals surface area contributed by atoms with Gasteiger partial charge in [0.2, 0.25) is 5.88 Å². The van der Waals surface area contributed by atoms with E-state index in [0.29, 0.717) is 11.4 Å². The number of esters is 1. The van der Waals surface area contributed by atoms with Gasteiger partial charge < -0.3 is 14.9 Å². The Labute approximate surface area is 80.9 Å². The maximum Gasteiger partial charge on any atom is 0.310 e. The Kier molecular flexibility index (Phi) is 3.96. The third-order valence-corrected chi connectivity index (χ3v) is 1.49. The number of nitrogens with one attached hydrogen (secondary N) is 1. The van der Waals surface area contributed by atoms with E-state index in [2.05, 4.69) is 15.1 Å². The van der Waals surface area contributed by atoms with Gasteiger partial charge in [0.1, 0.15) is 6.73 Å². The molecule has 0 amide bonds. The number of methoxy groups -OCH3 is 1. The maximum atomic E-state index is 10.9. The zero-order valence-corrected chi connectivity index (χ0v) is 7.78. The lowest BCUT2D eigenvalue weighted by Gasteiger charge is -1.98. The highest BCUT2D eigenvalue weighted by atomic mass is 16.7. The zero-order valence-electron chi connectivity index (χ0n) is 7.78. The van der Waals surface area contributed by atoms with Crippen molar-refractivity contribution in [1.29, 1.82) is 0 Å². The van der Waals surface area contributed by atoms with Crippen molar-refractivity contribution in [2.75, 3.05) is 19.3 Å². The number of ether oxygens (including phenoxy) is 1. The molecular weight excluding hydrogens is 188 g/mol. The van der Waals surface area contributed by atoms with E-state index in [1.54, 1.807) is 6.07 Å². The van der Waals surface area contributed by atoms with E-state index in [-0.39, 0.29) is 19.1 Å². The molecule has 0 saturated carbocycles. The predicted octanol–water partition coefficient (Wildman–Crippen LogP) is 0.255. The lowest BCUT2D eigenvalue weighted by Crippen LogP contribution is -2.09. The molecule has 1 rings (SSSR count). The predicted molar refractivity (Wildman–Crippen MR) is 48.2 cm³/mol. The molecular formula is C8H12N2O4. The fourth-order valence-electron chi connectivity index (χ4n) is 0.873. The highest BCUT2D eigenvalue weighted by molar-refractivity contribution is 5.72. The highest BCUT2D eigenvalue weighted by Gasteiger charge is 2.06. The fraction of sp³-hybridized carbons (Fsp3) is 0.375. The molecule has 1 aromatic heterocycles. The van der Waals surface area contributed by atoms with Gasteiger partial charge in [0.05, 0.1) is 19.8 Å². The Hall–Kier alpha value is -1.53. The lowest BCUT2D eigenvalue weighted by molar-refractivity contribution is -0.139. The summed E-state index contributed by atoms with van der Waals surface area (Å²) in [5, 5.41) is 0. The molecule has 0 spiro atoms. The van der Waals surface area contributed by atoms with Crippen LogP contribution in [0.1, 0.15) is 5.56 Å². The van der Waals surface area contributed by atoms with Crippen molar-refractivity contribution >= 4 is 11.9 Å². The first kappa shape index (κ1) is 10.6. The molecule has 0 aliphatic carbocycles. The number of carbonyl (C=O) groups is 1. The first-order chi connectivity index (χ1) is 6.76. The summed E-state index contributed by atoms with van der Waals surface area (Å²) >= 11 is 0. The summed E-state index contributed by atoms with van der Waals surface area (Å²) in [6, 6.07) is 1.63. The summed E-state index contributed by atoms with van der Waals surface area (Å²) in [6.07, 6.45) is 1.61. The number of anilines is 1. The van der Waals surface area contributed by atoms with Crippen LogP contribution in [0.4, 0.5) is 5.88 Å². The van der Waals surface area contributed by atoms with E-state index in [4.69, 9.17) is 10.2 Å². The molecule has 0 atom stereocenters. The van der Waals surface area contributed by atoms with E-state index in [1.165, 1.54) is 13.4 Å². The fourth-order valence-corrected chi connectivity index (χ4v) is 0.873. The molecule has 0 aliphatic heterocycles. The van der Waals surface area contributed by atoms with Crippen LogP contribution >= 0.6 is 0 Å². The number of rotatable bonds is 5. The second-order valence-electron chi connectivity index (χ2n) is 2.49. The number of hydrogen-bond acceptors (Lipinski definition) is 6. The molecule has 0 radical (unpaired) electrons. The summed E-state index contributed by atoms with van der Waals surface area (Å²) in [5.74, 6) is 0.0754. The first-order valence-electron chi connectivity index (χ1n) is 3.98. The van der Waals surface area contributed by atoms with Gasteiger partial charge in [0.15, 0.2) is 0 Å². The van der Waals surface area contributed by atoms with Crippen LogP contribution in [0, 0.1) is 0 Å². The standard InChI is InChI=1S/C8H12N2O4/c1-12-8(11)3-6-2-7(13-4-6)10-14-5-9/h2,4,10H,3,5,9H2,1H3. The van der Waals surface area contributed by atoms with E-state index in [1.807, 2.05) is 0 Å². The molecule has 0 aliphatic rings. The number of carbonyl (C=O) groups excluding carboxylic acids is 1. The largest absolute Gasteiger partial charge is 0.469 e. The third-order valence-electron chi connectivity index (χ3n) is 1.49. The van der Waals surface area contributed by atoms with Crippen molar-refractivity contribution < 1.29 is 18.8 Å². The Balaban J connectivity index is 2.46. The van der Waals surface area contributed by atoms with Gasteiger partial charge in [-0.1, -0.05) is 0 Å². The third kappa shape index (κ3) is 3.08. The van der Waals surface area contributed by atoms with Crippen LogP contribution in [0.2, 0.25) is 0 Å². The molecule has 0 saturated heterocycles. The molecule has 0 aromatic carbocycles. The van der Waals surface area contributed by atoms with Gasteiger partial charge in [-0.25, -0.2) is 5.48 Å². The van der Waals surface area contributed by atoms with Crippen molar-refractivity contribution in [1.82, 2.24) is 0 Å². The van der Waals surface area contributed by atoms with Crippen LogP contribution in [0.25, 0.3) is 0 Å². The zero-order chi connectivity index (χ0) is 10.4. The van der Waals surface area contributed by atoms with Gasteiger partial charge in [-0.3, -0.25) is 9.63 Å².